The molecule has 0 saturated carbocycles. The lowest BCUT2D eigenvalue weighted by Crippen LogP contribution is -2.28. The third kappa shape index (κ3) is 4.73. The Morgan fingerprint density at radius 3 is 2.66 bits per heavy atom. The number of anilines is 1. The van der Waals surface area contributed by atoms with Crippen molar-refractivity contribution in [3.63, 3.8) is 0 Å². The number of benzene rings is 1. The van der Waals surface area contributed by atoms with Crippen LogP contribution in [0.3, 0.4) is 0 Å². The Bertz CT molecular complexity index is 1260. The van der Waals surface area contributed by atoms with Gasteiger partial charge in [0.05, 0.1) is 35.1 Å². The molecule has 4 rings (SSSR count). The van der Waals surface area contributed by atoms with Crippen molar-refractivity contribution in [2.75, 3.05) is 19.0 Å². The van der Waals surface area contributed by atoms with Crippen LogP contribution >= 0.6 is 11.3 Å². The normalized spacial score (nSPS) is 10.7. The SMILES string of the molecule is CCNC(=O)Nc1nc2cc(-c3ccc(CC(=O)OC)nc3)cc(-c3ccccn3)c2s1. The number of thiazole rings is 1. The van der Waals surface area contributed by atoms with Gasteiger partial charge in [-0.05, 0) is 42.8 Å². The van der Waals surface area contributed by atoms with Crippen LogP contribution in [-0.2, 0) is 16.0 Å². The van der Waals surface area contributed by atoms with E-state index in [2.05, 4.69) is 25.6 Å². The summed E-state index contributed by atoms with van der Waals surface area (Å²) in [6.07, 6.45) is 3.59. The Morgan fingerprint density at radius 1 is 1.09 bits per heavy atom. The molecular formula is C23H21N5O3S. The molecule has 3 heterocycles. The van der Waals surface area contributed by atoms with E-state index in [4.69, 9.17) is 4.74 Å². The van der Waals surface area contributed by atoms with Crippen LogP contribution in [0.1, 0.15) is 12.6 Å². The van der Waals surface area contributed by atoms with E-state index in [9.17, 15) is 9.59 Å². The number of nitrogens with zero attached hydrogens (tertiary/aromatic N) is 3. The number of methoxy groups -OCH3 is 1. The highest BCUT2D eigenvalue weighted by atomic mass is 32.1. The second-order valence-electron chi connectivity index (χ2n) is 6.88. The highest BCUT2D eigenvalue weighted by molar-refractivity contribution is 7.22. The third-order valence-corrected chi connectivity index (χ3v) is 5.72. The van der Waals surface area contributed by atoms with E-state index in [-0.39, 0.29) is 18.4 Å². The molecule has 0 fully saturated rings. The van der Waals surface area contributed by atoms with Gasteiger partial charge in [-0.25, -0.2) is 9.78 Å². The molecule has 2 amide bonds. The molecule has 8 nitrogen and oxygen atoms in total. The van der Waals surface area contributed by atoms with Gasteiger partial charge in [0.2, 0.25) is 0 Å². The van der Waals surface area contributed by atoms with E-state index >= 15 is 0 Å². The number of fused-ring (bicyclic) bond motifs is 1. The standard InChI is InChI=1S/C23H21N5O3S/c1-3-24-22(30)28-23-27-19-11-15(14-7-8-16(26-13-14)12-20(29)31-2)10-17(21(19)32-23)18-6-4-5-9-25-18/h4-11,13H,3,12H2,1-2H3,(H2,24,27,28,30). The maximum Gasteiger partial charge on any atom is 0.321 e. The molecule has 0 atom stereocenters. The number of pyridine rings is 2. The molecule has 162 valence electrons. The number of ether oxygens (including phenoxy) is 1. The average Bonchev–Trinajstić information content (AvgIpc) is 3.21. The fraction of sp³-hybridized carbons (Fsp3) is 0.174. The van der Waals surface area contributed by atoms with Gasteiger partial charge in [0.25, 0.3) is 0 Å². The number of hydrogen-bond donors (Lipinski definition) is 2. The summed E-state index contributed by atoms with van der Waals surface area (Å²) in [6, 6.07) is 13.1. The highest BCUT2D eigenvalue weighted by Gasteiger charge is 2.15. The van der Waals surface area contributed by atoms with Gasteiger partial charge in [-0.2, -0.15) is 0 Å². The lowest BCUT2D eigenvalue weighted by molar-refractivity contribution is -0.139. The quantitative estimate of drug-likeness (QED) is 0.428. The van der Waals surface area contributed by atoms with Crippen LogP contribution in [0.5, 0.6) is 0 Å². The summed E-state index contributed by atoms with van der Waals surface area (Å²) in [5.41, 5.74) is 4.89. The molecule has 1 aromatic carbocycles. The van der Waals surface area contributed by atoms with Crippen LogP contribution in [-0.4, -0.2) is 40.6 Å². The fourth-order valence-electron chi connectivity index (χ4n) is 3.19. The van der Waals surface area contributed by atoms with Crippen molar-refractivity contribution in [1.29, 1.82) is 0 Å². The zero-order valence-corrected chi connectivity index (χ0v) is 18.4. The summed E-state index contributed by atoms with van der Waals surface area (Å²) in [5, 5.41) is 6.00. The average molecular weight is 448 g/mol. The van der Waals surface area contributed by atoms with Crippen LogP contribution in [0, 0.1) is 0 Å². The van der Waals surface area contributed by atoms with Crippen LogP contribution in [0.4, 0.5) is 9.93 Å². The van der Waals surface area contributed by atoms with Gasteiger partial charge in [-0.1, -0.05) is 23.5 Å². The van der Waals surface area contributed by atoms with Crippen LogP contribution in [0.25, 0.3) is 32.6 Å². The van der Waals surface area contributed by atoms with Crippen molar-refractivity contribution in [2.24, 2.45) is 0 Å². The van der Waals surface area contributed by atoms with Gasteiger partial charge >= 0.3 is 12.0 Å². The second-order valence-corrected chi connectivity index (χ2v) is 7.88. The first-order valence-electron chi connectivity index (χ1n) is 10.0. The Hall–Kier alpha value is -3.85. The topological polar surface area (TPSA) is 106 Å². The minimum absolute atomic E-state index is 0.121. The van der Waals surface area contributed by atoms with E-state index in [1.807, 2.05) is 43.3 Å². The lowest BCUT2D eigenvalue weighted by Gasteiger charge is -2.08. The summed E-state index contributed by atoms with van der Waals surface area (Å²) in [6.45, 7) is 2.38. The predicted molar refractivity (Wildman–Crippen MR) is 124 cm³/mol. The molecule has 0 bridgehead atoms. The molecule has 4 aromatic rings. The zero-order chi connectivity index (χ0) is 22.5. The van der Waals surface area contributed by atoms with E-state index in [0.29, 0.717) is 17.4 Å². The van der Waals surface area contributed by atoms with E-state index < -0.39 is 0 Å². The first kappa shape index (κ1) is 21.4. The number of amides is 2. The Balaban J connectivity index is 1.76. The second kappa shape index (κ2) is 9.52. The summed E-state index contributed by atoms with van der Waals surface area (Å²) in [4.78, 5) is 37.0. The molecule has 9 heteroatoms. The van der Waals surface area contributed by atoms with Crippen LogP contribution in [0.2, 0.25) is 0 Å². The molecule has 0 unspecified atom stereocenters. The molecule has 2 N–H and O–H groups in total. The van der Waals surface area contributed by atoms with E-state index in [0.717, 1.165) is 32.6 Å². The molecule has 0 saturated heterocycles. The number of carbonyl (C=O) groups excluding carboxylic acids is 2. The number of urea groups is 1. The maximum absolute atomic E-state index is 12.0. The predicted octanol–water partition coefficient (Wildman–Crippen LogP) is 4.28. The third-order valence-electron chi connectivity index (χ3n) is 4.70. The van der Waals surface area contributed by atoms with Crippen LogP contribution in [0.15, 0.2) is 54.9 Å². The number of carbonyl (C=O) groups is 2. The molecule has 3 aromatic heterocycles. The number of esters is 1. The summed E-state index contributed by atoms with van der Waals surface area (Å²) >= 11 is 1.40. The van der Waals surface area contributed by atoms with Crippen molar-refractivity contribution in [1.82, 2.24) is 20.3 Å². The minimum atomic E-state index is -0.335. The monoisotopic (exact) mass is 447 g/mol. The summed E-state index contributed by atoms with van der Waals surface area (Å²) in [5.74, 6) is -0.335. The van der Waals surface area contributed by atoms with Crippen molar-refractivity contribution in [2.45, 2.75) is 13.3 Å². The summed E-state index contributed by atoms with van der Waals surface area (Å²) in [7, 11) is 1.36. The van der Waals surface area contributed by atoms with Gasteiger partial charge in [0, 0.05) is 30.1 Å². The zero-order valence-electron chi connectivity index (χ0n) is 17.6. The van der Waals surface area contributed by atoms with Gasteiger partial charge in [0.15, 0.2) is 5.13 Å². The van der Waals surface area contributed by atoms with Gasteiger partial charge in [-0.3, -0.25) is 20.1 Å². The molecular weight excluding hydrogens is 426 g/mol. The van der Waals surface area contributed by atoms with Crippen molar-refractivity contribution < 1.29 is 14.3 Å². The van der Waals surface area contributed by atoms with E-state index in [1.54, 1.807) is 18.5 Å². The van der Waals surface area contributed by atoms with Crippen molar-refractivity contribution in [3.05, 3.63) is 60.6 Å². The van der Waals surface area contributed by atoms with Crippen LogP contribution < -0.4 is 10.6 Å². The molecule has 0 radical (unpaired) electrons. The first-order chi connectivity index (χ1) is 15.6. The van der Waals surface area contributed by atoms with Crippen molar-refractivity contribution in [3.8, 4) is 22.4 Å². The molecule has 0 aliphatic rings. The number of nitrogens with one attached hydrogen (secondary N) is 2. The Morgan fingerprint density at radius 2 is 1.97 bits per heavy atom. The number of hydrogen-bond acceptors (Lipinski definition) is 7. The molecule has 32 heavy (non-hydrogen) atoms. The minimum Gasteiger partial charge on any atom is -0.469 e. The smallest absolute Gasteiger partial charge is 0.321 e. The van der Waals surface area contributed by atoms with Gasteiger partial charge in [-0.15, -0.1) is 0 Å². The first-order valence-corrected chi connectivity index (χ1v) is 10.8. The maximum atomic E-state index is 12.0. The lowest BCUT2D eigenvalue weighted by atomic mass is 10.0. The molecule has 0 aliphatic heterocycles. The van der Waals surface area contributed by atoms with Crippen molar-refractivity contribution >= 4 is 38.7 Å². The van der Waals surface area contributed by atoms with Gasteiger partial charge in [0.1, 0.15) is 0 Å². The fourth-order valence-corrected chi connectivity index (χ4v) is 4.15. The van der Waals surface area contributed by atoms with E-state index in [1.165, 1.54) is 18.4 Å². The Labute approximate surface area is 188 Å². The highest BCUT2D eigenvalue weighted by Crippen LogP contribution is 2.38. The number of rotatable bonds is 6. The molecule has 0 aliphatic carbocycles. The molecule has 0 spiro atoms. The van der Waals surface area contributed by atoms with Gasteiger partial charge < -0.3 is 10.1 Å². The largest absolute Gasteiger partial charge is 0.469 e. The summed E-state index contributed by atoms with van der Waals surface area (Å²) < 4.78 is 5.63. The number of aromatic nitrogens is 3. The Kier molecular flexibility index (Phi) is 6.37.